The summed E-state index contributed by atoms with van der Waals surface area (Å²) in [6, 6.07) is 12.6. The van der Waals surface area contributed by atoms with E-state index in [4.69, 9.17) is 5.73 Å². The molecule has 1 fully saturated rings. The van der Waals surface area contributed by atoms with Crippen molar-refractivity contribution in [3.05, 3.63) is 71.7 Å². The molecule has 0 radical (unpaired) electrons. The summed E-state index contributed by atoms with van der Waals surface area (Å²) in [6.07, 6.45) is 4.68. The quantitative estimate of drug-likeness (QED) is 0.501. The number of nitrogen functional groups attached to an aromatic ring is 1. The van der Waals surface area contributed by atoms with E-state index in [1.165, 1.54) is 28.6 Å². The highest BCUT2D eigenvalue weighted by molar-refractivity contribution is 5.91. The van der Waals surface area contributed by atoms with E-state index in [0.717, 1.165) is 37.0 Å². The molecule has 1 aromatic heterocycles. The van der Waals surface area contributed by atoms with Crippen molar-refractivity contribution in [3.63, 3.8) is 0 Å². The zero-order chi connectivity index (χ0) is 22.8. The zero-order valence-corrected chi connectivity index (χ0v) is 18.4. The maximum atomic E-state index is 12.1. The van der Waals surface area contributed by atoms with Gasteiger partial charge in [-0.3, -0.25) is 9.69 Å². The van der Waals surface area contributed by atoms with Gasteiger partial charge in [0.1, 0.15) is 5.82 Å². The first kappa shape index (κ1) is 22.1. The maximum Gasteiger partial charge on any atom is 0.307 e. The van der Waals surface area contributed by atoms with Gasteiger partial charge in [0.2, 0.25) is 0 Å². The largest absolute Gasteiger partial charge is 0.481 e. The molecule has 0 spiro atoms. The van der Waals surface area contributed by atoms with E-state index >= 15 is 0 Å². The second kappa shape index (κ2) is 9.17. The van der Waals surface area contributed by atoms with Crippen molar-refractivity contribution >= 4 is 28.6 Å². The van der Waals surface area contributed by atoms with Gasteiger partial charge >= 0.3 is 5.97 Å². The number of aromatic amines is 1. The van der Waals surface area contributed by atoms with Crippen molar-refractivity contribution in [2.45, 2.75) is 38.1 Å². The highest BCUT2D eigenvalue weighted by atomic mass is 19.1. The molecule has 1 saturated heterocycles. The van der Waals surface area contributed by atoms with Crippen LogP contribution in [0.2, 0.25) is 0 Å². The van der Waals surface area contributed by atoms with Gasteiger partial charge in [-0.1, -0.05) is 31.7 Å². The first-order chi connectivity index (χ1) is 15.4. The van der Waals surface area contributed by atoms with Gasteiger partial charge in [0.05, 0.1) is 5.92 Å². The van der Waals surface area contributed by atoms with Crippen LogP contribution in [-0.2, 0) is 11.2 Å². The van der Waals surface area contributed by atoms with Crippen LogP contribution in [0.25, 0.3) is 17.0 Å². The zero-order valence-electron chi connectivity index (χ0n) is 18.4. The van der Waals surface area contributed by atoms with Gasteiger partial charge in [-0.15, -0.1) is 0 Å². The van der Waals surface area contributed by atoms with Crippen molar-refractivity contribution in [1.82, 2.24) is 9.88 Å². The highest BCUT2D eigenvalue weighted by Gasteiger charge is 2.42. The minimum Gasteiger partial charge on any atom is -0.481 e. The Balaban J connectivity index is 0.000000260. The summed E-state index contributed by atoms with van der Waals surface area (Å²) in [4.78, 5) is 17.6. The van der Waals surface area contributed by atoms with Crippen LogP contribution >= 0.6 is 0 Å². The fourth-order valence-electron chi connectivity index (χ4n) is 5.32. The molecule has 0 saturated carbocycles. The van der Waals surface area contributed by atoms with Crippen LogP contribution in [0.15, 0.2) is 49.0 Å². The molecule has 0 unspecified atom stereocenters. The van der Waals surface area contributed by atoms with Gasteiger partial charge in [0.15, 0.2) is 0 Å². The van der Waals surface area contributed by atoms with Crippen LogP contribution in [-0.4, -0.2) is 40.1 Å². The number of carboxylic acid groups (broad SMARTS) is 1. The molecule has 2 heterocycles. The van der Waals surface area contributed by atoms with Crippen LogP contribution in [0.5, 0.6) is 0 Å². The summed E-state index contributed by atoms with van der Waals surface area (Å²) < 4.78 is 12.1. The Bertz CT molecular complexity index is 1120. The van der Waals surface area contributed by atoms with Crippen LogP contribution in [0.1, 0.15) is 42.5 Å². The number of nitrogens with one attached hydrogen (secondary N) is 1. The lowest BCUT2D eigenvalue weighted by molar-refractivity contribution is -0.144. The van der Waals surface area contributed by atoms with Gasteiger partial charge in [0, 0.05) is 40.8 Å². The number of likely N-dealkylation sites (tertiary alicyclic amines) is 1. The molecule has 6 heteroatoms. The molecule has 0 bridgehead atoms. The molecule has 32 heavy (non-hydrogen) atoms. The molecule has 1 aliphatic heterocycles. The summed E-state index contributed by atoms with van der Waals surface area (Å²) in [7, 11) is 0. The highest BCUT2D eigenvalue weighted by Crippen LogP contribution is 2.46. The number of hydrogen-bond donors (Lipinski definition) is 3. The molecule has 2 aliphatic rings. The predicted molar refractivity (Wildman–Crippen MR) is 127 cm³/mol. The van der Waals surface area contributed by atoms with E-state index in [1.54, 1.807) is 12.1 Å². The number of aromatic nitrogens is 1. The fraction of sp³-hybridized carbons (Fsp3) is 0.346. The number of hydrogen-bond acceptors (Lipinski definition) is 3. The third kappa shape index (κ3) is 4.15. The number of H-pyrrole nitrogens is 1. The first-order valence-corrected chi connectivity index (χ1v) is 11.2. The minimum absolute atomic E-state index is 0.271. The SMILES string of the molecule is C=Cc1[nH]c2cccc3c2c1C[C@@H]1[C@@H]3C[C@@H](C(=O)O)CN1CCC.Nc1cccc(F)c1. The molecule has 1 aliphatic carbocycles. The lowest BCUT2D eigenvalue weighted by Gasteiger charge is -2.46. The molecular formula is C26H30FN3O2. The molecule has 4 N–H and O–H groups in total. The number of carboxylic acids is 1. The molecule has 168 valence electrons. The van der Waals surface area contributed by atoms with Crippen molar-refractivity contribution in [3.8, 4) is 0 Å². The second-order valence-corrected chi connectivity index (χ2v) is 8.69. The number of nitrogens with two attached hydrogens (primary N) is 1. The third-order valence-electron chi connectivity index (χ3n) is 6.65. The molecule has 3 aromatic rings. The Morgan fingerprint density at radius 2 is 2.12 bits per heavy atom. The molecule has 2 aromatic carbocycles. The van der Waals surface area contributed by atoms with E-state index in [0.29, 0.717) is 24.2 Å². The average molecular weight is 436 g/mol. The normalized spacial score (nSPS) is 22.0. The average Bonchev–Trinajstić information content (AvgIpc) is 3.13. The fourth-order valence-corrected chi connectivity index (χ4v) is 5.32. The minimum atomic E-state index is -0.659. The topological polar surface area (TPSA) is 82.4 Å². The molecule has 3 atom stereocenters. The summed E-state index contributed by atoms with van der Waals surface area (Å²) in [5, 5.41) is 10.9. The maximum absolute atomic E-state index is 12.1. The number of benzene rings is 2. The van der Waals surface area contributed by atoms with E-state index in [9.17, 15) is 14.3 Å². The molecule has 5 rings (SSSR count). The Hall–Kier alpha value is -3.12. The number of halogens is 1. The van der Waals surface area contributed by atoms with Crippen molar-refractivity contribution in [2.24, 2.45) is 5.92 Å². The smallest absolute Gasteiger partial charge is 0.307 e. The van der Waals surface area contributed by atoms with Crippen molar-refractivity contribution < 1.29 is 14.3 Å². The van der Waals surface area contributed by atoms with Crippen LogP contribution in [0, 0.1) is 11.7 Å². The monoisotopic (exact) mass is 435 g/mol. The van der Waals surface area contributed by atoms with Gasteiger partial charge in [-0.25, -0.2) is 4.39 Å². The number of carbonyl (C=O) groups is 1. The number of fused-ring (bicyclic) bond motifs is 2. The van der Waals surface area contributed by atoms with Gasteiger partial charge in [0.25, 0.3) is 0 Å². The summed E-state index contributed by atoms with van der Waals surface area (Å²) in [6.45, 7) is 7.76. The van der Waals surface area contributed by atoms with E-state index in [-0.39, 0.29) is 11.7 Å². The first-order valence-electron chi connectivity index (χ1n) is 11.2. The number of aliphatic carboxylic acids is 1. The Kier molecular flexibility index (Phi) is 6.33. The number of rotatable bonds is 4. The number of piperidine rings is 1. The van der Waals surface area contributed by atoms with E-state index in [2.05, 4.69) is 41.6 Å². The molecular weight excluding hydrogens is 405 g/mol. The lowest BCUT2D eigenvalue weighted by Crippen LogP contribution is -2.51. The predicted octanol–water partition coefficient (Wildman–Crippen LogP) is 5.04. The summed E-state index contributed by atoms with van der Waals surface area (Å²) in [5.74, 6) is -0.915. The number of anilines is 1. The summed E-state index contributed by atoms with van der Waals surface area (Å²) >= 11 is 0. The van der Waals surface area contributed by atoms with Gasteiger partial charge in [-0.2, -0.15) is 0 Å². The Morgan fingerprint density at radius 3 is 2.75 bits per heavy atom. The Labute approximate surface area is 187 Å². The van der Waals surface area contributed by atoms with Crippen molar-refractivity contribution in [1.29, 1.82) is 0 Å². The van der Waals surface area contributed by atoms with Gasteiger partial charge in [-0.05, 0) is 67.3 Å². The number of nitrogens with zero attached hydrogens (tertiary/aromatic N) is 1. The van der Waals surface area contributed by atoms with Gasteiger partial charge < -0.3 is 15.8 Å². The Morgan fingerprint density at radius 1 is 1.34 bits per heavy atom. The standard InChI is InChI=1S/C20H24N2O2.C6H6FN/c1-3-8-22-11-12(20(23)24)9-14-13-6-5-7-17-19(13)15(10-18(14)22)16(4-2)21-17;7-5-2-1-3-6(8)4-5/h4-7,12,14,18,21H,2-3,8-11H2,1H3,(H,23,24);1-4H,8H2/t12-,14-,18-;/m1./s1. The third-order valence-corrected chi connectivity index (χ3v) is 6.65. The summed E-state index contributed by atoms with van der Waals surface area (Å²) in [5.41, 5.74) is 10.6. The molecule has 0 amide bonds. The van der Waals surface area contributed by atoms with Crippen molar-refractivity contribution in [2.75, 3.05) is 18.8 Å². The second-order valence-electron chi connectivity index (χ2n) is 8.69. The van der Waals surface area contributed by atoms with E-state index in [1.807, 2.05) is 6.08 Å². The van der Waals surface area contributed by atoms with Crippen LogP contribution in [0.4, 0.5) is 10.1 Å². The van der Waals surface area contributed by atoms with Crippen LogP contribution < -0.4 is 5.73 Å². The van der Waals surface area contributed by atoms with E-state index < -0.39 is 5.97 Å². The van der Waals surface area contributed by atoms with Crippen LogP contribution in [0.3, 0.4) is 0 Å². The lowest BCUT2D eigenvalue weighted by atomic mass is 9.72. The molecule has 5 nitrogen and oxygen atoms in total.